The second-order valence-corrected chi connectivity index (χ2v) is 12.8. The first kappa shape index (κ1) is 27.4. The largest absolute Gasteiger partial charge is 0.436 e. The van der Waals surface area contributed by atoms with Crippen molar-refractivity contribution >= 4 is 44.6 Å². The molecule has 1 fully saturated rings. The van der Waals surface area contributed by atoms with E-state index >= 15 is 0 Å². The van der Waals surface area contributed by atoms with Crippen LogP contribution in [0.5, 0.6) is 0 Å². The number of amides is 1. The average Bonchev–Trinajstić information content (AvgIpc) is 3.27. The monoisotopic (exact) mass is 596 g/mol. The van der Waals surface area contributed by atoms with E-state index in [1.54, 1.807) is 55.5 Å². The van der Waals surface area contributed by atoms with E-state index in [9.17, 15) is 26.4 Å². The zero-order valence-electron chi connectivity index (χ0n) is 20.4. The maximum Gasteiger partial charge on any atom is 0.436 e. The van der Waals surface area contributed by atoms with Crippen molar-refractivity contribution in [2.24, 2.45) is 0 Å². The summed E-state index contributed by atoms with van der Waals surface area (Å²) in [6.07, 6.45) is -3.49. The van der Waals surface area contributed by atoms with Gasteiger partial charge in [-0.25, -0.2) is 17.9 Å². The van der Waals surface area contributed by atoms with E-state index in [0.29, 0.717) is 26.7 Å². The van der Waals surface area contributed by atoms with Gasteiger partial charge in [-0.3, -0.25) is 4.79 Å². The Morgan fingerprint density at radius 3 is 2.28 bits per heavy atom. The van der Waals surface area contributed by atoms with E-state index in [0.717, 1.165) is 4.52 Å². The molecule has 3 heterocycles. The van der Waals surface area contributed by atoms with Crippen LogP contribution in [0.1, 0.15) is 35.8 Å². The van der Waals surface area contributed by atoms with E-state index < -0.39 is 38.7 Å². The van der Waals surface area contributed by atoms with Gasteiger partial charge < -0.3 is 5.32 Å². The molecule has 0 spiro atoms. The molecule has 2 aromatic carbocycles. The summed E-state index contributed by atoms with van der Waals surface area (Å²) in [7, 11) is -3.26. The number of benzene rings is 2. The van der Waals surface area contributed by atoms with Crippen LogP contribution in [0.15, 0.2) is 54.7 Å². The smallest absolute Gasteiger partial charge is 0.347 e. The predicted octanol–water partition coefficient (Wildman–Crippen LogP) is 6.09. The third-order valence-electron chi connectivity index (χ3n) is 6.77. The van der Waals surface area contributed by atoms with Gasteiger partial charge in [0.05, 0.1) is 17.2 Å². The summed E-state index contributed by atoms with van der Waals surface area (Å²) in [5.74, 6) is -1.39. The standard InChI is InChI=1S/C26H21Cl2F3N4O3S/c1-25(10-12-39(37,38)13-11-25)33-24(36)20-22(26(29,30)31)34-35-21(15-6-8-16(27)9-7-15)18(14-32-23(20)35)17-4-2-3-5-19(17)28/h2-9,14H,10-13H2,1H3,(H,33,36). The Morgan fingerprint density at radius 1 is 1.03 bits per heavy atom. The molecule has 0 unspecified atom stereocenters. The molecular formula is C26H21Cl2F3N4O3S. The summed E-state index contributed by atoms with van der Waals surface area (Å²) < 4.78 is 67.6. The Balaban J connectivity index is 1.73. The van der Waals surface area contributed by atoms with Crippen LogP contribution < -0.4 is 5.32 Å². The molecule has 1 amide bonds. The topological polar surface area (TPSA) is 93.4 Å². The minimum atomic E-state index is -4.99. The van der Waals surface area contributed by atoms with Crippen molar-refractivity contribution in [3.05, 3.63) is 76.0 Å². The Hall–Kier alpha value is -3.15. The zero-order valence-corrected chi connectivity index (χ0v) is 22.7. The second-order valence-electron chi connectivity index (χ2n) is 9.63. The summed E-state index contributed by atoms with van der Waals surface area (Å²) in [5.41, 5.74) is -1.90. The highest BCUT2D eigenvalue weighted by Crippen LogP contribution is 2.39. The first-order valence-corrected chi connectivity index (χ1v) is 14.4. The number of halogens is 5. The first-order chi connectivity index (χ1) is 18.3. The van der Waals surface area contributed by atoms with Gasteiger partial charge in [0.25, 0.3) is 5.91 Å². The number of nitrogens with zero attached hydrogens (tertiary/aromatic N) is 3. The van der Waals surface area contributed by atoms with Crippen LogP contribution in [-0.4, -0.2) is 46.0 Å². The van der Waals surface area contributed by atoms with Crippen LogP contribution in [-0.2, 0) is 16.0 Å². The molecule has 204 valence electrons. The molecular weight excluding hydrogens is 576 g/mol. The normalized spacial score (nSPS) is 16.8. The number of sulfone groups is 1. The van der Waals surface area contributed by atoms with Crippen LogP contribution in [0.3, 0.4) is 0 Å². The van der Waals surface area contributed by atoms with Gasteiger partial charge in [-0.05, 0) is 38.0 Å². The van der Waals surface area contributed by atoms with Crippen molar-refractivity contribution in [2.75, 3.05) is 11.5 Å². The van der Waals surface area contributed by atoms with Gasteiger partial charge in [-0.15, -0.1) is 0 Å². The van der Waals surface area contributed by atoms with E-state index in [2.05, 4.69) is 15.4 Å². The van der Waals surface area contributed by atoms with Crippen molar-refractivity contribution in [3.8, 4) is 22.4 Å². The van der Waals surface area contributed by atoms with E-state index in [-0.39, 0.29) is 35.7 Å². The molecule has 0 aliphatic carbocycles. The highest BCUT2D eigenvalue weighted by Gasteiger charge is 2.43. The SMILES string of the molecule is CC1(NC(=O)c2c(C(F)(F)F)nn3c(-c4ccc(Cl)cc4)c(-c4ccccc4Cl)cnc23)CCS(=O)(=O)CC1. The van der Waals surface area contributed by atoms with Gasteiger partial charge in [0.15, 0.2) is 11.3 Å². The lowest BCUT2D eigenvalue weighted by molar-refractivity contribution is -0.141. The molecule has 1 saturated heterocycles. The number of aromatic nitrogens is 3. The fourth-order valence-electron chi connectivity index (χ4n) is 4.61. The summed E-state index contributed by atoms with van der Waals surface area (Å²) in [4.78, 5) is 17.7. The molecule has 1 aliphatic rings. The molecule has 0 radical (unpaired) electrons. The number of hydrogen-bond donors (Lipinski definition) is 1. The number of fused-ring (bicyclic) bond motifs is 1. The summed E-state index contributed by atoms with van der Waals surface area (Å²) in [5, 5.41) is 7.24. The van der Waals surface area contributed by atoms with Gasteiger partial charge in [-0.1, -0.05) is 53.5 Å². The van der Waals surface area contributed by atoms with Gasteiger partial charge in [-0.2, -0.15) is 18.3 Å². The Morgan fingerprint density at radius 2 is 1.67 bits per heavy atom. The van der Waals surface area contributed by atoms with Gasteiger partial charge in [0.2, 0.25) is 0 Å². The van der Waals surface area contributed by atoms with E-state index in [1.165, 1.54) is 6.20 Å². The fourth-order valence-corrected chi connectivity index (χ4v) is 6.70. The summed E-state index contributed by atoms with van der Waals surface area (Å²) in [6, 6.07) is 13.2. The lowest BCUT2D eigenvalue weighted by Gasteiger charge is -2.34. The zero-order chi connectivity index (χ0) is 28.2. The number of nitrogens with one attached hydrogen (secondary N) is 1. The lowest BCUT2D eigenvalue weighted by atomic mass is 9.94. The molecule has 39 heavy (non-hydrogen) atoms. The highest BCUT2D eigenvalue weighted by atomic mass is 35.5. The maximum absolute atomic E-state index is 14.3. The minimum absolute atomic E-state index is 0.0712. The number of hydrogen-bond acceptors (Lipinski definition) is 5. The number of alkyl halides is 3. The second kappa shape index (κ2) is 9.79. The highest BCUT2D eigenvalue weighted by molar-refractivity contribution is 7.91. The molecule has 0 bridgehead atoms. The Labute approximate surface area is 231 Å². The third kappa shape index (κ3) is 5.35. The van der Waals surface area contributed by atoms with Crippen LogP contribution in [0.2, 0.25) is 10.0 Å². The average molecular weight is 597 g/mol. The quantitative estimate of drug-likeness (QED) is 0.308. The van der Waals surface area contributed by atoms with Crippen LogP contribution >= 0.6 is 23.2 Å². The molecule has 7 nitrogen and oxygen atoms in total. The fraction of sp³-hybridized carbons (Fsp3) is 0.269. The molecule has 0 saturated carbocycles. The molecule has 13 heteroatoms. The molecule has 5 rings (SSSR count). The van der Waals surface area contributed by atoms with Crippen molar-refractivity contribution < 1.29 is 26.4 Å². The first-order valence-electron chi connectivity index (χ1n) is 11.8. The van der Waals surface area contributed by atoms with Gasteiger partial charge >= 0.3 is 6.18 Å². The van der Waals surface area contributed by atoms with Crippen LogP contribution in [0.4, 0.5) is 13.2 Å². The number of carbonyl (C=O) groups is 1. The molecule has 2 aromatic heterocycles. The lowest BCUT2D eigenvalue weighted by Crippen LogP contribution is -2.51. The predicted molar refractivity (Wildman–Crippen MR) is 143 cm³/mol. The Kier molecular flexibility index (Phi) is 6.89. The molecule has 4 aromatic rings. The van der Waals surface area contributed by atoms with Gasteiger partial charge in [0, 0.05) is 38.5 Å². The van der Waals surface area contributed by atoms with Gasteiger partial charge in [0.1, 0.15) is 15.4 Å². The van der Waals surface area contributed by atoms with Crippen molar-refractivity contribution in [2.45, 2.75) is 31.5 Å². The van der Waals surface area contributed by atoms with E-state index in [1.807, 2.05) is 0 Å². The number of carbonyl (C=O) groups excluding carboxylic acids is 1. The van der Waals surface area contributed by atoms with Crippen molar-refractivity contribution in [1.82, 2.24) is 19.9 Å². The van der Waals surface area contributed by atoms with E-state index in [4.69, 9.17) is 23.2 Å². The Bertz CT molecular complexity index is 1690. The molecule has 0 atom stereocenters. The summed E-state index contributed by atoms with van der Waals surface area (Å²) in [6.45, 7) is 1.61. The molecule has 1 N–H and O–H groups in total. The summed E-state index contributed by atoms with van der Waals surface area (Å²) >= 11 is 12.5. The minimum Gasteiger partial charge on any atom is -0.347 e. The number of rotatable bonds is 4. The van der Waals surface area contributed by atoms with Crippen molar-refractivity contribution in [1.29, 1.82) is 0 Å². The third-order valence-corrected chi connectivity index (χ3v) is 9.00. The van der Waals surface area contributed by atoms with Crippen molar-refractivity contribution in [3.63, 3.8) is 0 Å². The maximum atomic E-state index is 14.3. The van der Waals surface area contributed by atoms with Crippen LogP contribution in [0.25, 0.3) is 28.0 Å². The van der Waals surface area contributed by atoms with Crippen LogP contribution in [0, 0.1) is 0 Å². The molecule has 1 aliphatic heterocycles.